The lowest BCUT2D eigenvalue weighted by Gasteiger charge is -2.15. The van der Waals surface area contributed by atoms with Crippen molar-refractivity contribution in [1.82, 2.24) is 14.5 Å². The maximum Gasteiger partial charge on any atom is 0.416 e. The van der Waals surface area contributed by atoms with Gasteiger partial charge in [-0.25, -0.2) is 4.98 Å². The second-order valence-corrected chi connectivity index (χ2v) is 3.65. The summed E-state index contributed by atoms with van der Waals surface area (Å²) >= 11 is 0. The number of rotatable bonds is 2. The van der Waals surface area contributed by atoms with Crippen LogP contribution < -0.4 is 5.56 Å². The van der Waals surface area contributed by atoms with Gasteiger partial charge in [-0.05, 0) is 6.07 Å². The van der Waals surface area contributed by atoms with E-state index in [1.165, 1.54) is 18.5 Å². The average molecular weight is 259 g/mol. The molecular formula is C10H8F3N3O2. The van der Waals surface area contributed by atoms with Gasteiger partial charge >= 0.3 is 6.18 Å². The van der Waals surface area contributed by atoms with Crippen molar-refractivity contribution in [2.45, 2.75) is 18.8 Å². The van der Waals surface area contributed by atoms with Crippen LogP contribution in [-0.2, 0) is 6.54 Å². The summed E-state index contributed by atoms with van der Waals surface area (Å²) in [5.41, 5.74) is -0.356. The van der Waals surface area contributed by atoms with Crippen LogP contribution in [0.25, 0.3) is 10.9 Å². The molecule has 0 amide bonds. The van der Waals surface area contributed by atoms with Crippen LogP contribution in [0.1, 0.15) is 0 Å². The molecular weight excluding hydrogens is 251 g/mol. The van der Waals surface area contributed by atoms with Gasteiger partial charge in [-0.15, -0.1) is 0 Å². The highest BCUT2D eigenvalue weighted by molar-refractivity contribution is 5.75. The van der Waals surface area contributed by atoms with E-state index in [1.807, 2.05) is 0 Å². The smallest absolute Gasteiger partial charge is 0.382 e. The molecule has 0 bridgehead atoms. The summed E-state index contributed by atoms with van der Waals surface area (Å²) < 4.78 is 37.3. The Kier molecular flexibility index (Phi) is 3.04. The molecule has 0 spiro atoms. The fourth-order valence-electron chi connectivity index (χ4n) is 1.43. The molecule has 2 rings (SSSR count). The van der Waals surface area contributed by atoms with Gasteiger partial charge in [-0.1, -0.05) is 0 Å². The van der Waals surface area contributed by atoms with Crippen LogP contribution in [0.5, 0.6) is 0 Å². The Bertz CT molecular complexity index is 624. The fourth-order valence-corrected chi connectivity index (χ4v) is 1.43. The summed E-state index contributed by atoms with van der Waals surface area (Å²) in [4.78, 5) is 19.4. The Labute approximate surface area is 98.5 Å². The number of aliphatic hydroxyl groups excluding tert-OH is 1. The first-order valence-electron chi connectivity index (χ1n) is 4.93. The Hall–Kier alpha value is -1.96. The molecule has 1 N–H and O–H groups in total. The molecule has 0 fully saturated rings. The van der Waals surface area contributed by atoms with E-state index < -0.39 is 24.4 Å². The second-order valence-electron chi connectivity index (χ2n) is 3.65. The summed E-state index contributed by atoms with van der Waals surface area (Å²) in [7, 11) is 0. The van der Waals surface area contributed by atoms with Gasteiger partial charge in [0.15, 0.2) is 6.10 Å². The van der Waals surface area contributed by atoms with Crippen LogP contribution in [0.2, 0.25) is 0 Å². The van der Waals surface area contributed by atoms with Crippen LogP contribution in [0.4, 0.5) is 13.2 Å². The molecule has 96 valence electrons. The summed E-state index contributed by atoms with van der Waals surface area (Å²) in [5.74, 6) is 0. The first kappa shape index (κ1) is 12.5. The molecule has 2 aromatic heterocycles. The molecule has 0 unspecified atom stereocenters. The molecule has 0 aliphatic carbocycles. The van der Waals surface area contributed by atoms with Crippen molar-refractivity contribution in [3.8, 4) is 0 Å². The number of aliphatic hydroxyl groups is 1. The van der Waals surface area contributed by atoms with E-state index in [4.69, 9.17) is 5.11 Å². The van der Waals surface area contributed by atoms with Gasteiger partial charge in [0, 0.05) is 6.20 Å². The van der Waals surface area contributed by atoms with E-state index in [0.29, 0.717) is 5.52 Å². The third-order valence-corrected chi connectivity index (χ3v) is 2.37. The third kappa shape index (κ3) is 2.33. The number of hydrogen-bond donors (Lipinski definition) is 1. The number of pyridine rings is 1. The summed E-state index contributed by atoms with van der Waals surface area (Å²) in [6, 6.07) is 1.36. The Morgan fingerprint density at radius 1 is 1.44 bits per heavy atom. The zero-order chi connectivity index (χ0) is 13.3. The van der Waals surface area contributed by atoms with E-state index >= 15 is 0 Å². The summed E-state index contributed by atoms with van der Waals surface area (Å²) in [5, 5.41) is 9.07. The van der Waals surface area contributed by atoms with E-state index in [2.05, 4.69) is 9.97 Å². The molecule has 5 nitrogen and oxygen atoms in total. The molecule has 0 aromatic carbocycles. The molecule has 8 heteroatoms. The number of aromatic nitrogens is 3. The van der Waals surface area contributed by atoms with Crippen LogP contribution in [0.15, 0.2) is 29.6 Å². The molecule has 0 radical (unpaired) electrons. The quantitative estimate of drug-likeness (QED) is 0.862. The minimum absolute atomic E-state index is 0.155. The van der Waals surface area contributed by atoms with Crippen LogP contribution in [0, 0.1) is 0 Å². The van der Waals surface area contributed by atoms with Crippen molar-refractivity contribution in [2.24, 2.45) is 0 Å². The maximum absolute atomic E-state index is 12.2. The first-order valence-corrected chi connectivity index (χ1v) is 4.93. The zero-order valence-corrected chi connectivity index (χ0v) is 8.92. The normalized spacial score (nSPS) is 13.8. The van der Waals surface area contributed by atoms with Crippen molar-refractivity contribution in [3.05, 3.63) is 35.1 Å². The summed E-state index contributed by atoms with van der Waals surface area (Å²) in [6.45, 7) is -0.881. The largest absolute Gasteiger partial charge is 0.416 e. The lowest BCUT2D eigenvalue weighted by atomic mass is 10.3. The van der Waals surface area contributed by atoms with Gasteiger partial charge < -0.3 is 5.11 Å². The minimum Gasteiger partial charge on any atom is -0.382 e. The molecule has 0 aliphatic heterocycles. The SMILES string of the molecule is O=c1c2ccncc2ncn1C[C@H](O)C(F)(F)F. The third-order valence-electron chi connectivity index (χ3n) is 2.37. The predicted molar refractivity (Wildman–Crippen MR) is 55.9 cm³/mol. The number of alkyl halides is 3. The van der Waals surface area contributed by atoms with Gasteiger partial charge in [-0.2, -0.15) is 13.2 Å². The highest BCUT2D eigenvalue weighted by Crippen LogP contribution is 2.20. The van der Waals surface area contributed by atoms with Gasteiger partial charge in [0.25, 0.3) is 5.56 Å². The highest BCUT2D eigenvalue weighted by Gasteiger charge is 2.38. The summed E-state index contributed by atoms with van der Waals surface area (Å²) in [6.07, 6.45) is -3.73. The van der Waals surface area contributed by atoms with Gasteiger partial charge in [0.1, 0.15) is 0 Å². The minimum atomic E-state index is -4.77. The Balaban J connectivity index is 2.41. The number of fused-ring (bicyclic) bond motifs is 1. The lowest BCUT2D eigenvalue weighted by Crippen LogP contribution is -2.36. The molecule has 0 saturated carbocycles. The molecule has 2 heterocycles. The number of hydrogen-bond acceptors (Lipinski definition) is 4. The van der Waals surface area contributed by atoms with Crippen molar-refractivity contribution in [3.63, 3.8) is 0 Å². The van der Waals surface area contributed by atoms with Crippen molar-refractivity contribution < 1.29 is 18.3 Å². The average Bonchev–Trinajstić information content (AvgIpc) is 2.32. The zero-order valence-electron chi connectivity index (χ0n) is 8.92. The van der Waals surface area contributed by atoms with Crippen molar-refractivity contribution in [2.75, 3.05) is 0 Å². The van der Waals surface area contributed by atoms with E-state index in [0.717, 1.165) is 10.9 Å². The van der Waals surface area contributed by atoms with E-state index in [9.17, 15) is 18.0 Å². The van der Waals surface area contributed by atoms with E-state index in [-0.39, 0.29) is 5.39 Å². The number of halogens is 3. The molecule has 2 aromatic rings. The van der Waals surface area contributed by atoms with Crippen molar-refractivity contribution in [1.29, 1.82) is 0 Å². The van der Waals surface area contributed by atoms with Gasteiger partial charge in [0.05, 0.1) is 30.0 Å². The molecule has 1 atom stereocenters. The van der Waals surface area contributed by atoms with Gasteiger partial charge in [0.2, 0.25) is 0 Å². The van der Waals surface area contributed by atoms with Crippen LogP contribution in [0.3, 0.4) is 0 Å². The standard InChI is InChI=1S/C10H8F3N3O2/c11-10(12,13)8(17)4-16-5-15-7-3-14-2-1-6(7)9(16)18/h1-3,5,8,17H,4H2/t8-/m0/s1. The van der Waals surface area contributed by atoms with E-state index in [1.54, 1.807) is 0 Å². The first-order chi connectivity index (χ1) is 8.39. The lowest BCUT2D eigenvalue weighted by molar-refractivity contribution is -0.207. The number of nitrogens with zero attached hydrogens (tertiary/aromatic N) is 3. The highest BCUT2D eigenvalue weighted by atomic mass is 19.4. The maximum atomic E-state index is 12.2. The predicted octanol–water partition coefficient (Wildman–Crippen LogP) is 0.715. The molecule has 0 aliphatic rings. The molecule has 18 heavy (non-hydrogen) atoms. The van der Waals surface area contributed by atoms with Crippen molar-refractivity contribution >= 4 is 10.9 Å². The second kappa shape index (κ2) is 4.37. The van der Waals surface area contributed by atoms with Crippen LogP contribution in [-0.4, -0.2) is 31.9 Å². The fraction of sp³-hybridized carbons (Fsp3) is 0.300. The Morgan fingerprint density at radius 3 is 2.83 bits per heavy atom. The Morgan fingerprint density at radius 2 is 2.17 bits per heavy atom. The van der Waals surface area contributed by atoms with Gasteiger partial charge in [-0.3, -0.25) is 14.3 Å². The van der Waals surface area contributed by atoms with Crippen LogP contribution >= 0.6 is 0 Å². The topological polar surface area (TPSA) is 68.0 Å². The molecule has 0 saturated heterocycles. The monoisotopic (exact) mass is 259 g/mol.